The molecule has 0 radical (unpaired) electrons. The third kappa shape index (κ3) is 3.74. The molecule has 0 bridgehead atoms. The van der Waals surface area contributed by atoms with Gasteiger partial charge in [-0.1, -0.05) is 19.3 Å². The second kappa shape index (κ2) is 6.61. The Morgan fingerprint density at radius 1 is 1.12 bits per heavy atom. The van der Waals surface area contributed by atoms with Crippen LogP contribution in [0.25, 0.3) is 0 Å². The molecular formula is C14H27NO. The maximum Gasteiger partial charge on any atom is 0.0588 e. The van der Waals surface area contributed by atoms with Gasteiger partial charge in [0.15, 0.2) is 0 Å². The minimum Gasteiger partial charge on any atom is -0.378 e. The predicted molar refractivity (Wildman–Crippen MR) is 67.6 cm³/mol. The van der Waals surface area contributed by atoms with Crippen LogP contribution in [0.4, 0.5) is 0 Å². The van der Waals surface area contributed by atoms with E-state index in [9.17, 15) is 0 Å². The van der Waals surface area contributed by atoms with Crippen LogP contribution in [0.5, 0.6) is 0 Å². The van der Waals surface area contributed by atoms with Gasteiger partial charge in [-0.3, -0.25) is 0 Å². The first kappa shape index (κ1) is 12.4. The number of hydrogen-bond donors (Lipinski definition) is 1. The zero-order valence-corrected chi connectivity index (χ0v) is 10.7. The quantitative estimate of drug-likeness (QED) is 0.776. The minimum atomic E-state index is 0.547. The van der Waals surface area contributed by atoms with Crippen molar-refractivity contribution in [2.45, 2.75) is 70.4 Å². The summed E-state index contributed by atoms with van der Waals surface area (Å²) < 4.78 is 5.64. The molecule has 1 N–H and O–H groups in total. The lowest BCUT2D eigenvalue weighted by atomic mass is 9.84. The summed E-state index contributed by atoms with van der Waals surface area (Å²) in [5, 5.41) is 3.70. The van der Waals surface area contributed by atoms with Crippen LogP contribution in [0.3, 0.4) is 0 Å². The Bertz CT molecular complexity index is 183. The van der Waals surface area contributed by atoms with E-state index < -0.39 is 0 Å². The molecule has 1 aliphatic carbocycles. The van der Waals surface area contributed by atoms with Crippen molar-refractivity contribution in [3.63, 3.8) is 0 Å². The second-order valence-corrected chi connectivity index (χ2v) is 5.56. The average molecular weight is 225 g/mol. The summed E-state index contributed by atoms with van der Waals surface area (Å²) in [6.45, 7) is 4.50. The Labute approximate surface area is 100 Å². The van der Waals surface area contributed by atoms with Gasteiger partial charge in [0.05, 0.1) is 6.10 Å². The Morgan fingerprint density at radius 2 is 1.94 bits per heavy atom. The normalized spacial score (nSPS) is 29.4. The summed E-state index contributed by atoms with van der Waals surface area (Å²) in [4.78, 5) is 0. The Balaban J connectivity index is 1.57. The van der Waals surface area contributed by atoms with E-state index in [-0.39, 0.29) is 0 Å². The SMILES string of the molecule is C[C@@H](NCC[C@@H]1CCCO1)C1CCCCC1. The molecule has 2 heteroatoms. The van der Waals surface area contributed by atoms with E-state index in [1.54, 1.807) is 0 Å². The topological polar surface area (TPSA) is 21.3 Å². The summed E-state index contributed by atoms with van der Waals surface area (Å²) in [6, 6.07) is 0.710. The predicted octanol–water partition coefficient (Wildman–Crippen LogP) is 3.11. The molecule has 2 aliphatic rings. The smallest absolute Gasteiger partial charge is 0.0588 e. The fourth-order valence-electron chi connectivity index (χ4n) is 3.14. The molecule has 0 aromatic heterocycles. The molecule has 0 aromatic carbocycles. The molecule has 1 saturated carbocycles. The van der Waals surface area contributed by atoms with Crippen LogP contribution in [0.1, 0.15) is 58.3 Å². The number of hydrogen-bond acceptors (Lipinski definition) is 2. The van der Waals surface area contributed by atoms with Crippen molar-refractivity contribution in [1.82, 2.24) is 5.32 Å². The van der Waals surface area contributed by atoms with Crippen molar-refractivity contribution in [3.05, 3.63) is 0 Å². The molecule has 2 rings (SSSR count). The zero-order chi connectivity index (χ0) is 11.2. The van der Waals surface area contributed by atoms with Crippen LogP contribution in [-0.2, 0) is 4.74 Å². The number of nitrogens with one attached hydrogen (secondary N) is 1. The van der Waals surface area contributed by atoms with E-state index in [2.05, 4.69) is 12.2 Å². The van der Waals surface area contributed by atoms with Crippen LogP contribution in [-0.4, -0.2) is 25.3 Å². The molecule has 0 spiro atoms. The van der Waals surface area contributed by atoms with Crippen LogP contribution in [0, 0.1) is 5.92 Å². The van der Waals surface area contributed by atoms with Gasteiger partial charge in [0, 0.05) is 12.6 Å². The largest absolute Gasteiger partial charge is 0.378 e. The van der Waals surface area contributed by atoms with Crippen molar-refractivity contribution in [3.8, 4) is 0 Å². The van der Waals surface area contributed by atoms with E-state index in [0.717, 1.165) is 19.1 Å². The minimum absolute atomic E-state index is 0.547. The maximum atomic E-state index is 5.64. The van der Waals surface area contributed by atoms with Gasteiger partial charge in [-0.2, -0.15) is 0 Å². The highest BCUT2D eigenvalue weighted by Crippen LogP contribution is 2.26. The second-order valence-electron chi connectivity index (χ2n) is 5.56. The van der Waals surface area contributed by atoms with E-state index >= 15 is 0 Å². The van der Waals surface area contributed by atoms with Crippen molar-refractivity contribution >= 4 is 0 Å². The van der Waals surface area contributed by atoms with E-state index in [1.807, 2.05) is 0 Å². The van der Waals surface area contributed by atoms with Gasteiger partial charge in [0.1, 0.15) is 0 Å². The van der Waals surface area contributed by atoms with Crippen LogP contribution in [0.2, 0.25) is 0 Å². The van der Waals surface area contributed by atoms with Gasteiger partial charge in [0.2, 0.25) is 0 Å². The van der Waals surface area contributed by atoms with Gasteiger partial charge < -0.3 is 10.1 Å². The standard InChI is InChI=1S/C14H27NO/c1-12(13-6-3-2-4-7-13)15-10-9-14-8-5-11-16-14/h12-15H,2-11H2,1H3/t12-,14+/m1/s1. The molecular weight excluding hydrogens is 198 g/mol. The molecule has 1 aliphatic heterocycles. The molecule has 94 valence electrons. The molecule has 1 heterocycles. The van der Waals surface area contributed by atoms with Crippen LogP contribution >= 0.6 is 0 Å². The van der Waals surface area contributed by atoms with Crippen LogP contribution < -0.4 is 5.32 Å². The van der Waals surface area contributed by atoms with Gasteiger partial charge >= 0.3 is 0 Å². The Hall–Kier alpha value is -0.0800. The lowest BCUT2D eigenvalue weighted by Crippen LogP contribution is -2.36. The fourth-order valence-corrected chi connectivity index (χ4v) is 3.14. The third-order valence-electron chi connectivity index (χ3n) is 4.31. The fraction of sp³-hybridized carbons (Fsp3) is 1.00. The summed E-state index contributed by atoms with van der Waals surface area (Å²) in [7, 11) is 0. The van der Waals surface area contributed by atoms with Gasteiger partial charge in [-0.25, -0.2) is 0 Å². The monoisotopic (exact) mass is 225 g/mol. The highest BCUT2D eigenvalue weighted by atomic mass is 16.5. The highest BCUT2D eigenvalue weighted by molar-refractivity contribution is 4.76. The summed E-state index contributed by atoms with van der Waals surface area (Å²) >= 11 is 0. The average Bonchev–Trinajstić information content (AvgIpc) is 2.83. The number of rotatable bonds is 5. The zero-order valence-electron chi connectivity index (χ0n) is 10.7. The van der Waals surface area contributed by atoms with E-state index in [0.29, 0.717) is 12.1 Å². The first-order valence-electron chi connectivity index (χ1n) is 7.21. The molecule has 0 amide bonds. The van der Waals surface area contributed by atoms with Crippen molar-refractivity contribution < 1.29 is 4.74 Å². The Morgan fingerprint density at radius 3 is 2.62 bits per heavy atom. The molecule has 16 heavy (non-hydrogen) atoms. The van der Waals surface area contributed by atoms with Crippen LogP contribution in [0.15, 0.2) is 0 Å². The molecule has 2 atom stereocenters. The summed E-state index contributed by atoms with van der Waals surface area (Å²) in [6.07, 6.45) is 11.5. The summed E-state index contributed by atoms with van der Waals surface area (Å²) in [5.74, 6) is 0.929. The molecule has 0 aromatic rings. The first-order chi connectivity index (χ1) is 7.86. The van der Waals surface area contributed by atoms with Crippen molar-refractivity contribution in [2.75, 3.05) is 13.2 Å². The molecule has 1 saturated heterocycles. The molecule has 2 nitrogen and oxygen atoms in total. The van der Waals surface area contributed by atoms with Crippen molar-refractivity contribution in [2.24, 2.45) is 5.92 Å². The maximum absolute atomic E-state index is 5.64. The molecule has 0 unspecified atom stereocenters. The first-order valence-corrected chi connectivity index (χ1v) is 7.21. The lowest BCUT2D eigenvalue weighted by molar-refractivity contribution is 0.102. The van der Waals surface area contributed by atoms with Gasteiger partial charge in [-0.05, 0) is 51.5 Å². The third-order valence-corrected chi connectivity index (χ3v) is 4.31. The Kier molecular flexibility index (Phi) is 5.11. The molecule has 2 fully saturated rings. The van der Waals surface area contributed by atoms with Crippen molar-refractivity contribution in [1.29, 1.82) is 0 Å². The van der Waals surface area contributed by atoms with Gasteiger partial charge in [0.25, 0.3) is 0 Å². The lowest BCUT2D eigenvalue weighted by Gasteiger charge is -2.28. The number of ether oxygens (including phenoxy) is 1. The van der Waals surface area contributed by atoms with E-state index in [4.69, 9.17) is 4.74 Å². The summed E-state index contributed by atoms with van der Waals surface area (Å²) in [5.41, 5.74) is 0. The van der Waals surface area contributed by atoms with E-state index in [1.165, 1.54) is 51.4 Å². The highest BCUT2D eigenvalue weighted by Gasteiger charge is 2.20. The van der Waals surface area contributed by atoms with Gasteiger partial charge in [-0.15, -0.1) is 0 Å².